The minimum Gasteiger partial charge on any atom is -0.493 e. The molecule has 1 amide bonds. The van der Waals surface area contributed by atoms with Crippen molar-refractivity contribution in [3.63, 3.8) is 0 Å². The van der Waals surface area contributed by atoms with Gasteiger partial charge in [0.05, 0.1) is 12.2 Å². The maximum absolute atomic E-state index is 12.6. The number of nitrogens with one attached hydrogen (secondary N) is 1. The van der Waals surface area contributed by atoms with Crippen molar-refractivity contribution >= 4 is 17.2 Å². The Morgan fingerprint density at radius 1 is 1.22 bits per heavy atom. The molecule has 122 valence electrons. The molecule has 0 aliphatic heterocycles. The number of hydrogen-bond donors (Lipinski definition) is 1. The predicted octanol–water partition coefficient (Wildman–Crippen LogP) is 4.39. The molecule has 1 aromatic carbocycles. The summed E-state index contributed by atoms with van der Waals surface area (Å²) in [5.41, 5.74) is 0.735. The van der Waals surface area contributed by atoms with Gasteiger partial charge in [0.2, 0.25) is 0 Å². The molecule has 0 atom stereocenters. The number of rotatable bonds is 6. The van der Waals surface area contributed by atoms with Gasteiger partial charge in [0.25, 0.3) is 5.91 Å². The molecule has 0 radical (unpaired) electrons. The van der Waals surface area contributed by atoms with Gasteiger partial charge in [-0.1, -0.05) is 31.0 Å². The molecular formula is C19H23NO2S. The fourth-order valence-corrected chi connectivity index (χ4v) is 4.41. The Morgan fingerprint density at radius 3 is 2.70 bits per heavy atom. The molecule has 3 rings (SSSR count). The first-order valence-electron chi connectivity index (χ1n) is 8.29. The summed E-state index contributed by atoms with van der Waals surface area (Å²) in [5.74, 6) is 0.612. The number of thiophene rings is 1. The van der Waals surface area contributed by atoms with Gasteiger partial charge in [-0.2, -0.15) is 0 Å². The van der Waals surface area contributed by atoms with Crippen molar-refractivity contribution in [3.05, 3.63) is 52.2 Å². The Labute approximate surface area is 141 Å². The van der Waals surface area contributed by atoms with E-state index < -0.39 is 0 Å². The Morgan fingerprint density at radius 2 is 2.00 bits per heavy atom. The highest BCUT2D eigenvalue weighted by atomic mass is 32.1. The molecule has 1 saturated carbocycles. The lowest BCUT2D eigenvalue weighted by molar-refractivity contribution is 0.0939. The fraction of sp³-hybridized carbons (Fsp3) is 0.421. The van der Waals surface area contributed by atoms with Gasteiger partial charge < -0.3 is 10.1 Å². The number of para-hydroxylation sites is 1. The lowest BCUT2D eigenvalue weighted by atomic mass is 9.84. The molecule has 1 aliphatic rings. The molecule has 1 aliphatic carbocycles. The van der Waals surface area contributed by atoms with Crippen molar-refractivity contribution in [2.45, 2.75) is 38.0 Å². The monoisotopic (exact) mass is 329 g/mol. The summed E-state index contributed by atoms with van der Waals surface area (Å²) in [7, 11) is 0. The average molecular weight is 329 g/mol. The zero-order valence-electron chi connectivity index (χ0n) is 13.5. The second-order valence-corrected chi connectivity index (χ2v) is 7.02. The van der Waals surface area contributed by atoms with Gasteiger partial charge in [0, 0.05) is 16.8 Å². The highest BCUT2D eigenvalue weighted by Crippen LogP contribution is 2.42. The van der Waals surface area contributed by atoms with Crippen LogP contribution in [0.3, 0.4) is 0 Å². The van der Waals surface area contributed by atoms with Crippen LogP contribution in [0.4, 0.5) is 0 Å². The highest BCUT2D eigenvalue weighted by Gasteiger charge is 2.36. The van der Waals surface area contributed by atoms with E-state index in [4.69, 9.17) is 4.74 Å². The van der Waals surface area contributed by atoms with E-state index in [9.17, 15) is 4.79 Å². The van der Waals surface area contributed by atoms with E-state index in [0.717, 1.165) is 12.8 Å². The first-order chi connectivity index (χ1) is 11.2. The molecule has 0 bridgehead atoms. The molecule has 0 saturated heterocycles. The lowest BCUT2D eigenvalue weighted by Gasteiger charge is -2.28. The zero-order chi connectivity index (χ0) is 16.1. The smallest absolute Gasteiger partial charge is 0.255 e. The van der Waals surface area contributed by atoms with Crippen molar-refractivity contribution in [3.8, 4) is 5.75 Å². The second kappa shape index (κ2) is 7.18. The van der Waals surface area contributed by atoms with Crippen LogP contribution in [0.15, 0.2) is 41.8 Å². The second-order valence-electron chi connectivity index (χ2n) is 6.08. The standard InChI is InChI=1S/C19H23NO2S/c1-2-22-16-9-4-3-8-15(16)18(21)20-14-19(11-5-6-12-19)17-10-7-13-23-17/h3-4,7-10,13H,2,5-6,11-12,14H2,1H3,(H,20,21). The van der Waals surface area contributed by atoms with Gasteiger partial charge in [0.1, 0.15) is 5.75 Å². The average Bonchev–Trinajstić information content (AvgIpc) is 3.26. The van der Waals surface area contributed by atoms with Crippen LogP contribution in [0.2, 0.25) is 0 Å². The summed E-state index contributed by atoms with van der Waals surface area (Å²) < 4.78 is 5.57. The van der Waals surface area contributed by atoms with Gasteiger partial charge >= 0.3 is 0 Å². The Balaban J connectivity index is 1.73. The largest absolute Gasteiger partial charge is 0.493 e. The van der Waals surface area contributed by atoms with Crippen LogP contribution >= 0.6 is 11.3 Å². The number of hydrogen-bond acceptors (Lipinski definition) is 3. The van der Waals surface area contributed by atoms with Crippen LogP contribution in [0.25, 0.3) is 0 Å². The van der Waals surface area contributed by atoms with Crippen molar-refractivity contribution in [1.82, 2.24) is 5.32 Å². The van der Waals surface area contributed by atoms with Crippen molar-refractivity contribution < 1.29 is 9.53 Å². The van der Waals surface area contributed by atoms with Crippen LogP contribution in [-0.2, 0) is 5.41 Å². The van der Waals surface area contributed by atoms with E-state index in [1.807, 2.05) is 31.2 Å². The molecule has 0 spiro atoms. The Bertz CT molecular complexity index is 645. The summed E-state index contributed by atoms with van der Waals surface area (Å²) >= 11 is 1.80. The van der Waals surface area contributed by atoms with E-state index >= 15 is 0 Å². The highest BCUT2D eigenvalue weighted by molar-refractivity contribution is 7.10. The number of carbonyl (C=O) groups is 1. The molecule has 0 unspecified atom stereocenters. The van der Waals surface area contributed by atoms with Crippen LogP contribution in [0.1, 0.15) is 47.8 Å². The Kier molecular flexibility index (Phi) is 5.01. The summed E-state index contributed by atoms with van der Waals surface area (Å²) in [4.78, 5) is 14.0. The number of ether oxygens (including phenoxy) is 1. The van der Waals surface area contributed by atoms with Crippen LogP contribution in [0, 0.1) is 0 Å². The minimum absolute atomic E-state index is 0.0446. The molecule has 1 aromatic heterocycles. The van der Waals surface area contributed by atoms with Crippen LogP contribution < -0.4 is 10.1 Å². The minimum atomic E-state index is -0.0446. The molecule has 1 fully saturated rings. The third kappa shape index (κ3) is 3.42. The quantitative estimate of drug-likeness (QED) is 0.853. The van der Waals surface area contributed by atoms with E-state index in [-0.39, 0.29) is 11.3 Å². The van der Waals surface area contributed by atoms with Gasteiger partial charge in [-0.05, 0) is 43.3 Å². The van der Waals surface area contributed by atoms with Gasteiger partial charge in [-0.3, -0.25) is 4.79 Å². The first-order valence-corrected chi connectivity index (χ1v) is 9.17. The molecule has 2 aromatic rings. The predicted molar refractivity (Wildman–Crippen MR) is 94.4 cm³/mol. The van der Waals surface area contributed by atoms with E-state index in [2.05, 4.69) is 22.8 Å². The summed E-state index contributed by atoms with van der Waals surface area (Å²) in [6, 6.07) is 11.8. The fourth-order valence-electron chi connectivity index (χ4n) is 3.42. The maximum atomic E-state index is 12.6. The number of amides is 1. The molecular weight excluding hydrogens is 306 g/mol. The first kappa shape index (κ1) is 16.1. The van der Waals surface area contributed by atoms with Gasteiger partial charge in [-0.25, -0.2) is 0 Å². The number of carbonyl (C=O) groups excluding carboxylic acids is 1. The summed E-state index contributed by atoms with van der Waals surface area (Å²) in [5, 5.41) is 5.28. The Hall–Kier alpha value is -1.81. The summed E-state index contributed by atoms with van der Waals surface area (Å²) in [6.07, 6.45) is 4.79. The molecule has 1 N–H and O–H groups in total. The van der Waals surface area contributed by atoms with Gasteiger partial charge in [-0.15, -0.1) is 11.3 Å². The van der Waals surface area contributed by atoms with Crippen molar-refractivity contribution in [2.24, 2.45) is 0 Å². The van der Waals surface area contributed by atoms with Crippen molar-refractivity contribution in [2.75, 3.05) is 13.2 Å². The molecule has 3 nitrogen and oxygen atoms in total. The molecule has 4 heteroatoms. The third-order valence-electron chi connectivity index (χ3n) is 4.62. The van der Waals surface area contributed by atoms with Gasteiger partial charge in [0.15, 0.2) is 0 Å². The van der Waals surface area contributed by atoms with E-state index in [0.29, 0.717) is 24.5 Å². The van der Waals surface area contributed by atoms with E-state index in [1.165, 1.54) is 17.7 Å². The third-order valence-corrected chi connectivity index (χ3v) is 5.74. The maximum Gasteiger partial charge on any atom is 0.255 e. The lowest BCUT2D eigenvalue weighted by Crippen LogP contribution is -2.38. The van der Waals surface area contributed by atoms with Crippen LogP contribution in [0.5, 0.6) is 5.75 Å². The zero-order valence-corrected chi connectivity index (χ0v) is 14.3. The van der Waals surface area contributed by atoms with E-state index in [1.54, 1.807) is 11.3 Å². The van der Waals surface area contributed by atoms with Crippen LogP contribution in [-0.4, -0.2) is 19.1 Å². The molecule has 23 heavy (non-hydrogen) atoms. The van der Waals surface area contributed by atoms with Crippen molar-refractivity contribution in [1.29, 1.82) is 0 Å². The normalized spacial score (nSPS) is 16.2. The topological polar surface area (TPSA) is 38.3 Å². The summed E-state index contributed by atoms with van der Waals surface area (Å²) in [6.45, 7) is 3.19. The molecule has 1 heterocycles. The number of benzene rings is 1. The SMILES string of the molecule is CCOc1ccccc1C(=O)NCC1(c2cccs2)CCCC1.